The van der Waals surface area contributed by atoms with E-state index in [0.29, 0.717) is 11.6 Å². The highest BCUT2D eigenvalue weighted by molar-refractivity contribution is 5.41. The zero-order valence-corrected chi connectivity index (χ0v) is 7.14. The second-order valence-corrected chi connectivity index (χ2v) is 3.51. The molecule has 4 nitrogen and oxygen atoms in total. The van der Waals surface area contributed by atoms with Crippen LogP contribution in [0.5, 0.6) is 0 Å². The molecule has 0 saturated heterocycles. The van der Waals surface area contributed by atoms with Crippen LogP contribution in [-0.4, -0.2) is 14.4 Å². The Morgan fingerprint density at radius 2 is 2.08 bits per heavy atom. The molecular weight excluding hydrogens is 164 g/mol. The standard InChI is InChI=1S/C9H10N4/c10-7-3-11-9-12-4-8(6-1-2-6)13(9)5-7/h3-6H,1-2,10H2. The van der Waals surface area contributed by atoms with E-state index in [4.69, 9.17) is 5.73 Å². The van der Waals surface area contributed by atoms with Crippen LogP contribution in [0.15, 0.2) is 18.6 Å². The number of nitrogens with zero attached hydrogens (tertiary/aromatic N) is 3. The van der Waals surface area contributed by atoms with E-state index in [0.717, 1.165) is 5.78 Å². The molecule has 0 aliphatic heterocycles. The fourth-order valence-corrected chi connectivity index (χ4v) is 1.59. The third-order valence-corrected chi connectivity index (χ3v) is 2.41. The Hall–Kier alpha value is -1.58. The predicted molar refractivity (Wildman–Crippen MR) is 49.4 cm³/mol. The van der Waals surface area contributed by atoms with Gasteiger partial charge in [-0.05, 0) is 12.8 Å². The van der Waals surface area contributed by atoms with Crippen molar-refractivity contribution in [2.24, 2.45) is 0 Å². The van der Waals surface area contributed by atoms with Gasteiger partial charge < -0.3 is 5.73 Å². The molecule has 1 fully saturated rings. The Labute approximate surface area is 75.4 Å². The topological polar surface area (TPSA) is 56.2 Å². The van der Waals surface area contributed by atoms with Crippen molar-refractivity contribution in [2.75, 3.05) is 5.73 Å². The summed E-state index contributed by atoms with van der Waals surface area (Å²) in [5.74, 6) is 1.43. The molecule has 0 spiro atoms. The molecule has 2 aromatic heterocycles. The van der Waals surface area contributed by atoms with Crippen LogP contribution >= 0.6 is 0 Å². The number of rotatable bonds is 1. The van der Waals surface area contributed by atoms with Crippen molar-refractivity contribution in [1.29, 1.82) is 0 Å². The van der Waals surface area contributed by atoms with Crippen molar-refractivity contribution in [3.8, 4) is 0 Å². The molecule has 13 heavy (non-hydrogen) atoms. The van der Waals surface area contributed by atoms with Gasteiger partial charge in [0.2, 0.25) is 5.78 Å². The van der Waals surface area contributed by atoms with Crippen molar-refractivity contribution in [3.63, 3.8) is 0 Å². The quantitative estimate of drug-likeness (QED) is 0.706. The number of nitrogen functional groups attached to an aromatic ring is 1. The number of imidazole rings is 1. The molecule has 2 aromatic rings. The molecule has 0 bridgehead atoms. The van der Waals surface area contributed by atoms with Crippen LogP contribution in [0.25, 0.3) is 5.78 Å². The maximum absolute atomic E-state index is 5.66. The van der Waals surface area contributed by atoms with Gasteiger partial charge in [-0.25, -0.2) is 9.97 Å². The second-order valence-electron chi connectivity index (χ2n) is 3.51. The Morgan fingerprint density at radius 1 is 1.31 bits per heavy atom. The van der Waals surface area contributed by atoms with Gasteiger partial charge in [-0.1, -0.05) is 0 Å². The average molecular weight is 174 g/mol. The first-order valence-electron chi connectivity index (χ1n) is 4.43. The predicted octanol–water partition coefficient (Wildman–Crippen LogP) is 1.19. The molecule has 66 valence electrons. The summed E-state index contributed by atoms with van der Waals surface area (Å²) in [4.78, 5) is 8.36. The molecule has 0 radical (unpaired) electrons. The number of hydrogen-bond donors (Lipinski definition) is 1. The van der Waals surface area contributed by atoms with Crippen LogP contribution in [0.1, 0.15) is 24.5 Å². The normalized spacial score (nSPS) is 16.6. The zero-order valence-electron chi connectivity index (χ0n) is 7.14. The lowest BCUT2D eigenvalue weighted by Crippen LogP contribution is -1.96. The fourth-order valence-electron chi connectivity index (χ4n) is 1.59. The third-order valence-electron chi connectivity index (χ3n) is 2.41. The van der Waals surface area contributed by atoms with Crippen LogP contribution in [0.4, 0.5) is 5.69 Å². The number of fused-ring (bicyclic) bond motifs is 1. The highest BCUT2D eigenvalue weighted by Gasteiger charge is 2.26. The maximum Gasteiger partial charge on any atom is 0.234 e. The van der Waals surface area contributed by atoms with Crippen LogP contribution in [-0.2, 0) is 0 Å². The molecule has 1 aliphatic rings. The molecule has 0 aromatic carbocycles. The highest BCUT2D eigenvalue weighted by Crippen LogP contribution is 2.39. The summed E-state index contributed by atoms with van der Waals surface area (Å²) in [7, 11) is 0. The lowest BCUT2D eigenvalue weighted by atomic mass is 10.3. The van der Waals surface area contributed by atoms with Gasteiger partial charge in [0.25, 0.3) is 0 Å². The summed E-state index contributed by atoms with van der Waals surface area (Å²) in [5, 5.41) is 0. The first-order chi connectivity index (χ1) is 6.34. The van der Waals surface area contributed by atoms with E-state index in [1.807, 2.05) is 16.8 Å². The smallest absolute Gasteiger partial charge is 0.234 e. The number of aromatic nitrogens is 3. The van der Waals surface area contributed by atoms with Gasteiger partial charge in [0.15, 0.2) is 0 Å². The van der Waals surface area contributed by atoms with Crippen molar-refractivity contribution < 1.29 is 0 Å². The molecule has 2 heterocycles. The van der Waals surface area contributed by atoms with Crippen LogP contribution in [0.2, 0.25) is 0 Å². The first kappa shape index (κ1) is 6.88. The number of nitrogens with two attached hydrogens (primary N) is 1. The Morgan fingerprint density at radius 3 is 2.85 bits per heavy atom. The van der Waals surface area contributed by atoms with E-state index < -0.39 is 0 Å². The van der Waals surface area contributed by atoms with E-state index in [2.05, 4.69) is 9.97 Å². The van der Waals surface area contributed by atoms with E-state index in [9.17, 15) is 0 Å². The minimum atomic E-state index is 0.679. The van der Waals surface area contributed by atoms with Gasteiger partial charge in [0.05, 0.1) is 18.1 Å². The molecule has 0 amide bonds. The van der Waals surface area contributed by atoms with Crippen molar-refractivity contribution in [2.45, 2.75) is 18.8 Å². The lowest BCUT2D eigenvalue weighted by Gasteiger charge is -1.98. The molecule has 4 heteroatoms. The fraction of sp³-hybridized carbons (Fsp3) is 0.333. The van der Waals surface area contributed by atoms with Crippen molar-refractivity contribution in [3.05, 3.63) is 24.3 Å². The summed E-state index contributed by atoms with van der Waals surface area (Å²) in [6.45, 7) is 0. The number of hydrogen-bond acceptors (Lipinski definition) is 3. The Kier molecular flexibility index (Phi) is 1.17. The van der Waals surface area contributed by atoms with Gasteiger partial charge in [-0.15, -0.1) is 0 Å². The molecular formula is C9H10N4. The van der Waals surface area contributed by atoms with Crippen molar-refractivity contribution >= 4 is 11.5 Å². The monoisotopic (exact) mass is 174 g/mol. The van der Waals surface area contributed by atoms with Gasteiger partial charge in [-0.3, -0.25) is 4.40 Å². The summed E-state index contributed by atoms with van der Waals surface area (Å²) in [6.07, 6.45) is 7.96. The third kappa shape index (κ3) is 0.983. The molecule has 1 saturated carbocycles. The summed E-state index contributed by atoms with van der Waals surface area (Å²) in [6, 6.07) is 0. The average Bonchev–Trinajstić information content (AvgIpc) is 2.87. The summed E-state index contributed by atoms with van der Waals surface area (Å²) >= 11 is 0. The zero-order chi connectivity index (χ0) is 8.84. The Bertz CT molecular complexity index is 456. The lowest BCUT2D eigenvalue weighted by molar-refractivity contribution is 0.969. The van der Waals surface area contributed by atoms with Gasteiger partial charge >= 0.3 is 0 Å². The highest BCUT2D eigenvalue weighted by atomic mass is 15.1. The second kappa shape index (κ2) is 2.22. The molecule has 3 rings (SSSR count). The maximum atomic E-state index is 5.66. The summed E-state index contributed by atoms with van der Waals surface area (Å²) < 4.78 is 1.99. The SMILES string of the molecule is Nc1cnc2ncc(C3CC3)n2c1. The summed E-state index contributed by atoms with van der Waals surface area (Å²) in [5.41, 5.74) is 7.59. The van der Waals surface area contributed by atoms with Gasteiger partial charge in [0, 0.05) is 17.8 Å². The molecule has 1 aliphatic carbocycles. The van der Waals surface area contributed by atoms with Crippen LogP contribution in [0, 0.1) is 0 Å². The largest absolute Gasteiger partial charge is 0.396 e. The van der Waals surface area contributed by atoms with Gasteiger partial charge in [0.1, 0.15) is 0 Å². The number of anilines is 1. The van der Waals surface area contributed by atoms with E-state index >= 15 is 0 Å². The van der Waals surface area contributed by atoms with Gasteiger partial charge in [-0.2, -0.15) is 0 Å². The van der Waals surface area contributed by atoms with Crippen LogP contribution in [0.3, 0.4) is 0 Å². The first-order valence-corrected chi connectivity index (χ1v) is 4.43. The Balaban J connectivity index is 2.29. The van der Waals surface area contributed by atoms with Crippen LogP contribution < -0.4 is 5.73 Å². The molecule has 0 unspecified atom stereocenters. The minimum Gasteiger partial charge on any atom is -0.396 e. The molecule has 2 N–H and O–H groups in total. The molecule has 0 atom stereocenters. The van der Waals surface area contributed by atoms with E-state index in [-0.39, 0.29) is 0 Å². The minimum absolute atomic E-state index is 0.679. The van der Waals surface area contributed by atoms with E-state index in [1.54, 1.807) is 6.20 Å². The van der Waals surface area contributed by atoms with Crippen molar-refractivity contribution in [1.82, 2.24) is 14.4 Å². The van der Waals surface area contributed by atoms with E-state index in [1.165, 1.54) is 18.5 Å².